The van der Waals surface area contributed by atoms with Crippen LogP contribution in [-0.2, 0) is 25.1 Å². The topological polar surface area (TPSA) is 110 Å². The Balaban J connectivity index is 0.00000288. The van der Waals surface area contributed by atoms with Gasteiger partial charge in [0, 0.05) is 66.8 Å². The summed E-state index contributed by atoms with van der Waals surface area (Å²) in [5.74, 6) is -0.107. The minimum atomic E-state index is -0.583. The molecule has 3 heterocycles. The second kappa shape index (κ2) is 30.2. The minimum Gasteiger partial charge on any atom is 0 e. The van der Waals surface area contributed by atoms with Crippen LogP contribution >= 0.6 is 11.9 Å². The van der Waals surface area contributed by atoms with Crippen molar-refractivity contribution < 1.29 is 69.4 Å². The third kappa shape index (κ3) is 18.3. The number of amides is 3. The summed E-state index contributed by atoms with van der Waals surface area (Å²) in [6, 6.07) is 4.52. The molecule has 53 heavy (non-hydrogen) atoms. The van der Waals surface area contributed by atoms with Crippen LogP contribution in [0.3, 0.4) is 0 Å². The van der Waals surface area contributed by atoms with Crippen LogP contribution in [0.5, 0.6) is 0 Å². The molecule has 1 aromatic carbocycles. The second-order valence-electron chi connectivity index (χ2n) is 12.3. The molecular formula is C38H64ClFN7O4ReXe. The molecule has 0 bridgehead atoms. The van der Waals surface area contributed by atoms with E-state index in [1.54, 1.807) is 26.5 Å². The Morgan fingerprint density at radius 1 is 1.06 bits per heavy atom. The van der Waals surface area contributed by atoms with Crippen molar-refractivity contribution in [2.75, 3.05) is 78.5 Å². The first-order valence-corrected chi connectivity index (χ1v) is 27.2. The van der Waals surface area contributed by atoms with Gasteiger partial charge in [0.2, 0.25) is 12.3 Å². The van der Waals surface area contributed by atoms with E-state index in [0.29, 0.717) is 56.8 Å². The molecular weight excluding hydrogens is 990 g/mol. The van der Waals surface area contributed by atoms with E-state index >= 15 is 0 Å². The number of nitrogens with zero attached hydrogens (tertiary/aromatic N) is 5. The van der Waals surface area contributed by atoms with Gasteiger partial charge in [-0.2, -0.15) is 5.10 Å². The number of hydrogen-bond donors (Lipinski definition) is 2. The molecule has 304 valence electrons. The second-order valence-corrected chi connectivity index (χ2v) is 16.3. The van der Waals surface area contributed by atoms with Crippen molar-refractivity contribution in [3.63, 3.8) is 0 Å². The molecule has 4 rings (SSSR count). The zero-order valence-corrected chi connectivity index (χ0v) is 38.2. The van der Waals surface area contributed by atoms with E-state index in [0.717, 1.165) is 69.3 Å². The normalized spacial score (nSPS) is 17.8. The smallest absolute Gasteiger partial charge is 0 e. The van der Waals surface area contributed by atoms with Gasteiger partial charge in [0.15, 0.2) is 0 Å². The molecule has 15 heteroatoms. The van der Waals surface area contributed by atoms with E-state index in [2.05, 4.69) is 25.3 Å². The third-order valence-electron chi connectivity index (χ3n) is 9.20. The molecule has 2 N–H and O–H groups in total. The van der Waals surface area contributed by atoms with Gasteiger partial charge in [-0.25, -0.2) is 9.82 Å². The van der Waals surface area contributed by atoms with Crippen molar-refractivity contribution in [3.05, 3.63) is 58.4 Å². The first-order valence-electron chi connectivity index (χ1n) is 18.9. The van der Waals surface area contributed by atoms with Gasteiger partial charge in [-0.15, -0.1) is 0 Å². The molecule has 3 fully saturated rings. The van der Waals surface area contributed by atoms with Crippen molar-refractivity contribution in [1.82, 2.24) is 30.3 Å². The number of hydrazone groups is 1. The first-order chi connectivity index (χ1) is 25.7. The van der Waals surface area contributed by atoms with Gasteiger partial charge in [-0.3, -0.25) is 19.3 Å². The average molecular weight is 1050 g/mol. The van der Waals surface area contributed by atoms with Crippen LogP contribution in [0.2, 0.25) is 0 Å². The van der Waals surface area contributed by atoms with Gasteiger partial charge in [0.05, 0.1) is 17.8 Å². The summed E-state index contributed by atoms with van der Waals surface area (Å²) in [4.78, 5) is 45.8. The monoisotopic (exact) mass is 1060 g/mol. The summed E-state index contributed by atoms with van der Waals surface area (Å²) in [5.41, 5.74) is 5.63. The molecule has 0 saturated carbocycles. The van der Waals surface area contributed by atoms with Crippen molar-refractivity contribution in [2.45, 2.75) is 74.1 Å². The fourth-order valence-corrected chi connectivity index (χ4v) is 6.38. The number of carbonyl (C=O) groups is 3. The van der Waals surface area contributed by atoms with Crippen LogP contribution < -0.4 is 10.7 Å². The van der Waals surface area contributed by atoms with Crippen molar-refractivity contribution in [2.24, 2.45) is 11.0 Å². The zero-order valence-electron chi connectivity index (χ0n) is 32.7. The Bertz CT molecular complexity index is 1320. The van der Waals surface area contributed by atoms with E-state index in [1.807, 2.05) is 65.5 Å². The number of nitrogens with one attached hydrogen (secondary N) is 2. The van der Waals surface area contributed by atoms with Gasteiger partial charge in [0.25, 0.3) is 5.91 Å². The van der Waals surface area contributed by atoms with Crippen LogP contribution in [0.1, 0.15) is 85.1 Å². The first kappa shape index (κ1) is 50.1. The van der Waals surface area contributed by atoms with E-state index in [9.17, 15) is 18.8 Å². The van der Waals surface area contributed by atoms with Gasteiger partial charge in [-0.05, 0) is 81.0 Å². The van der Waals surface area contributed by atoms with Crippen LogP contribution in [-0.4, -0.2) is 122 Å². The summed E-state index contributed by atoms with van der Waals surface area (Å²) < 4.78 is 19.1. The molecule has 3 amide bonds. The molecule has 0 aliphatic carbocycles. The summed E-state index contributed by atoms with van der Waals surface area (Å²) in [6.07, 6.45) is 8.09. The van der Waals surface area contributed by atoms with E-state index in [-0.39, 0.29) is 58.9 Å². The molecule has 3 aliphatic rings. The number of benzene rings is 1. The number of piperazine rings is 2. The Morgan fingerprint density at radius 2 is 1.64 bits per heavy atom. The maximum absolute atomic E-state index is 15.0. The average Bonchev–Trinajstić information content (AvgIpc) is 3.21. The SMILES string of the molecule is CC.CC.C\C=C(C)/C(=C\CC)C(/Cc1ccc(F)c(C(=O)N2CCN(C(=O)CN3CCN(CC4CCNCC4)CC3)CC2)c1)=N\NC=O.ClO[Xe][Re].[HH]. The summed E-state index contributed by atoms with van der Waals surface area (Å²) >= 11 is 4.80. The van der Waals surface area contributed by atoms with E-state index < -0.39 is 5.82 Å². The predicted molar refractivity (Wildman–Crippen MR) is 207 cm³/mol. The number of carbonyl (C=O) groups excluding carboxylic acids is 3. The van der Waals surface area contributed by atoms with Gasteiger partial charge in [-0.1, -0.05) is 52.8 Å². The van der Waals surface area contributed by atoms with Gasteiger partial charge in [0.1, 0.15) is 5.82 Å². The number of piperidine rings is 1. The number of rotatable bonds is 13. The third-order valence-corrected chi connectivity index (χ3v) is 12.6. The number of allylic oxidation sites excluding steroid dienone is 4. The van der Waals surface area contributed by atoms with Crippen LogP contribution in [0, 0.1) is 51.9 Å². The fraction of sp³-hybridized carbons (Fsp3) is 0.632. The Hall–Kier alpha value is -0.926. The van der Waals surface area contributed by atoms with Gasteiger partial charge >= 0.3 is 61.1 Å². The van der Waals surface area contributed by atoms with E-state index in [4.69, 9.17) is 11.9 Å². The molecule has 0 unspecified atom stereocenters. The van der Waals surface area contributed by atoms with Crippen molar-refractivity contribution in [3.8, 4) is 0 Å². The summed E-state index contributed by atoms with van der Waals surface area (Å²) in [5, 5.41) is 7.69. The molecule has 0 aromatic heterocycles. The standard InChI is InChI=1S/C34H50FN7O3.2C2H6.ClOXe.Re.H2/c1-4-6-29(26(3)5-2)32(38-37-25-43)22-28-7-8-31(35)30(21-28)34(45)42-19-17-41(18-20-42)33(44)24-40-15-13-39(14-16-40)23-27-9-11-36-12-10-27;2*1-2;1-2-3;;/h5-8,21,25,27,36H,4,9-20,22-24H2,1-3H3,(H,37,43);2*1-2H3;;;1H/b26-5-,29-6+,38-32-;;;;;. The Kier molecular flexibility index (Phi) is 28.6. The predicted octanol–water partition coefficient (Wildman–Crippen LogP) is 5.59. The van der Waals surface area contributed by atoms with Crippen molar-refractivity contribution >= 4 is 35.8 Å². The quantitative estimate of drug-likeness (QED) is 0.115. The molecule has 0 radical (unpaired) electrons. The molecule has 3 aliphatic heterocycles. The molecule has 0 atom stereocenters. The van der Waals surface area contributed by atoms with Crippen LogP contribution in [0.4, 0.5) is 4.39 Å². The largest absolute Gasteiger partial charge is 0 e. The summed E-state index contributed by atoms with van der Waals surface area (Å²) in [6.45, 7) is 23.1. The molecule has 3 saturated heterocycles. The zero-order chi connectivity index (χ0) is 39.6. The number of hydrogen-bond acceptors (Lipinski definition) is 8. The van der Waals surface area contributed by atoms with E-state index in [1.165, 1.54) is 18.9 Å². The molecule has 0 spiro atoms. The van der Waals surface area contributed by atoms with Crippen LogP contribution in [0.15, 0.2) is 46.6 Å². The maximum atomic E-state index is 15.0. The Labute approximate surface area is 354 Å². The molecule has 11 nitrogen and oxygen atoms in total. The van der Waals surface area contributed by atoms with Gasteiger partial charge < -0.3 is 20.0 Å². The summed E-state index contributed by atoms with van der Waals surface area (Å²) in [7, 11) is 1.60. The van der Waals surface area contributed by atoms with Crippen LogP contribution in [0.25, 0.3) is 0 Å². The minimum absolute atomic E-state index is 0. The Morgan fingerprint density at radius 3 is 2.19 bits per heavy atom. The van der Waals surface area contributed by atoms with Crippen molar-refractivity contribution in [1.29, 1.82) is 0 Å². The molecule has 1 aromatic rings. The number of halogens is 2. The fourth-order valence-electron chi connectivity index (χ4n) is 6.38. The maximum Gasteiger partial charge on any atom is 0 e.